The van der Waals surface area contributed by atoms with Crippen molar-refractivity contribution in [2.45, 2.75) is 38.4 Å². The summed E-state index contributed by atoms with van der Waals surface area (Å²) in [5.41, 5.74) is -0.591. The molecule has 2 aliphatic rings. The van der Waals surface area contributed by atoms with Gasteiger partial charge in [-0.3, -0.25) is 4.79 Å². The van der Waals surface area contributed by atoms with E-state index in [2.05, 4.69) is 6.58 Å². The Labute approximate surface area is 102 Å². The van der Waals surface area contributed by atoms with Crippen molar-refractivity contribution in [1.82, 2.24) is 0 Å². The van der Waals surface area contributed by atoms with Gasteiger partial charge in [0, 0.05) is 13.0 Å². The second-order valence-corrected chi connectivity index (χ2v) is 4.61. The van der Waals surface area contributed by atoms with Crippen LogP contribution >= 0.6 is 0 Å². The summed E-state index contributed by atoms with van der Waals surface area (Å²) >= 11 is 0. The maximum Gasteiger partial charge on any atom is 0.317 e. The molecule has 1 aliphatic heterocycles. The van der Waals surface area contributed by atoms with E-state index in [0.29, 0.717) is 19.6 Å². The van der Waals surface area contributed by atoms with Gasteiger partial charge in [-0.2, -0.15) is 0 Å². The lowest BCUT2D eigenvalue weighted by molar-refractivity contribution is -0.247. The minimum absolute atomic E-state index is 0.194. The Morgan fingerprint density at radius 3 is 3.00 bits per heavy atom. The highest BCUT2D eigenvalue weighted by molar-refractivity contribution is 5.79. The molecule has 2 unspecified atom stereocenters. The first-order valence-corrected chi connectivity index (χ1v) is 6.27. The summed E-state index contributed by atoms with van der Waals surface area (Å²) in [4.78, 5) is 12.3. The Morgan fingerprint density at radius 2 is 2.29 bits per heavy atom. The first-order chi connectivity index (χ1) is 8.21. The molecule has 1 heterocycles. The molecule has 2 fully saturated rings. The molecule has 0 aromatic carbocycles. The maximum absolute atomic E-state index is 12.3. The van der Waals surface area contributed by atoms with Gasteiger partial charge in [0.25, 0.3) is 0 Å². The predicted octanol–water partition coefficient (Wildman–Crippen LogP) is 2.04. The highest BCUT2D eigenvalue weighted by Gasteiger charge is 2.65. The van der Waals surface area contributed by atoms with Crippen LogP contribution in [0, 0.1) is 5.41 Å². The maximum atomic E-state index is 12.3. The fourth-order valence-electron chi connectivity index (χ4n) is 3.09. The summed E-state index contributed by atoms with van der Waals surface area (Å²) in [6, 6.07) is 0. The lowest BCUT2D eigenvalue weighted by Crippen LogP contribution is -2.49. The van der Waals surface area contributed by atoms with Gasteiger partial charge < -0.3 is 14.2 Å². The van der Waals surface area contributed by atoms with E-state index in [1.54, 1.807) is 6.08 Å². The highest BCUT2D eigenvalue weighted by Crippen LogP contribution is 2.56. The SMILES string of the molecule is C=CCOC(=O)C12CCCC1(OCC)OCC2. The van der Waals surface area contributed by atoms with E-state index in [9.17, 15) is 4.79 Å². The highest BCUT2D eigenvalue weighted by atomic mass is 16.7. The largest absolute Gasteiger partial charge is 0.461 e. The molecule has 0 aromatic heterocycles. The van der Waals surface area contributed by atoms with Crippen LogP contribution in [-0.2, 0) is 19.0 Å². The van der Waals surface area contributed by atoms with Crippen molar-refractivity contribution in [3.05, 3.63) is 12.7 Å². The van der Waals surface area contributed by atoms with Crippen molar-refractivity contribution < 1.29 is 19.0 Å². The summed E-state index contributed by atoms with van der Waals surface area (Å²) in [5.74, 6) is -0.930. The van der Waals surface area contributed by atoms with E-state index < -0.39 is 11.2 Å². The molecule has 1 saturated carbocycles. The Kier molecular flexibility index (Phi) is 3.54. The molecule has 0 bridgehead atoms. The monoisotopic (exact) mass is 240 g/mol. The molecule has 2 rings (SSSR count). The number of carbonyl (C=O) groups is 1. The Hall–Kier alpha value is -0.870. The summed E-state index contributed by atoms with van der Waals surface area (Å²) < 4.78 is 16.8. The van der Waals surface area contributed by atoms with Crippen molar-refractivity contribution in [1.29, 1.82) is 0 Å². The van der Waals surface area contributed by atoms with Gasteiger partial charge in [-0.25, -0.2) is 0 Å². The molecule has 2 atom stereocenters. The van der Waals surface area contributed by atoms with Gasteiger partial charge in [0.1, 0.15) is 12.0 Å². The zero-order valence-corrected chi connectivity index (χ0v) is 10.4. The Morgan fingerprint density at radius 1 is 1.47 bits per heavy atom. The Bertz CT molecular complexity index is 301. The van der Waals surface area contributed by atoms with E-state index in [4.69, 9.17) is 14.2 Å². The number of ether oxygens (including phenoxy) is 3. The van der Waals surface area contributed by atoms with Gasteiger partial charge in [-0.05, 0) is 26.2 Å². The molecule has 1 aliphatic carbocycles. The van der Waals surface area contributed by atoms with Crippen molar-refractivity contribution in [3.8, 4) is 0 Å². The molecule has 0 N–H and O–H groups in total. The number of hydrogen-bond acceptors (Lipinski definition) is 4. The molecular formula is C13H20O4. The van der Waals surface area contributed by atoms with Crippen LogP contribution in [0.3, 0.4) is 0 Å². The van der Waals surface area contributed by atoms with Crippen LogP contribution in [0.25, 0.3) is 0 Å². The lowest BCUT2D eigenvalue weighted by atomic mass is 9.80. The molecule has 17 heavy (non-hydrogen) atoms. The second kappa shape index (κ2) is 4.78. The molecule has 4 nitrogen and oxygen atoms in total. The van der Waals surface area contributed by atoms with Crippen LogP contribution in [0.4, 0.5) is 0 Å². The first-order valence-electron chi connectivity index (χ1n) is 6.27. The van der Waals surface area contributed by atoms with E-state index in [0.717, 1.165) is 19.3 Å². The Balaban J connectivity index is 2.20. The van der Waals surface area contributed by atoms with Gasteiger partial charge in [0.15, 0.2) is 5.79 Å². The van der Waals surface area contributed by atoms with Gasteiger partial charge in [0.2, 0.25) is 0 Å². The molecule has 4 heteroatoms. The smallest absolute Gasteiger partial charge is 0.317 e. The lowest BCUT2D eigenvalue weighted by Gasteiger charge is -2.36. The zero-order chi connectivity index (χ0) is 12.4. The van der Waals surface area contributed by atoms with Gasteiger partial charge >= 0.3 is 5.97 Å². The fraction of sp³-hybridized carbons (Fsp3) is 0.769. The second-order valence-electron chi connectivity index (χ2n) is 4.61. The first kappa shape index (κ1) is 12.6. The summed E-state index contributed by atoms with van der Waals surface area (Å²) in [6.07, 6.45) is 4.81. The third-order valence-corrected chi connectivity index (χ3v) is 3.80. The average molecular weight is 240 g/mol. The van der Waals surface area contributed by atoms with Gasteiger partial charge in [-0.15, -0.1) is 0 Å². The van der Waals surface area contributed by atoms with E-state index in [1.165, 1.54) is 0 Å². The van der Waals surface area contributed by atoms with E-state index >= 15 is 0 Å². The van der Waals surface area contributed by atoms with Crippen molar-refractivity contribution in [3.63, 3.8) is 0 Å². The molecule has 0 spiro atoms. The van der Waals surface area contributed by atoms with Crippen molar-refractivity contribution in [2.24, 2.45) is 5.41 Å². The number of rotatable bonds is 5. The topological polar surface area (TPSA) is 44.8 Å². The molecule has 0 radical (unpaired) electrons. The van der Waals surface area contributed by atoms with Crippen LogP contribution in [0.15, 0.2) is 12.7 Å². The van der Waals surface area contributed by atoms with Crippen LogP contribution in [0.2, 0.25) is 0 Å². The van der Waals surface area contributed by atoms with Crippen LogP contribution in [0.5, 0.6) is 0 Å². The van der Waals surface area contributed by atoms with Gasteiger partial charge in [0.05, 0.1) is 6.61 Å². The molecule has 0 aromatic rings. The van der Waals surface area contributed by atoms with Crippen LogP contribution < -0.4 is 0 Å². The molecule has 1 saturated heterocycles. The fourth-order valence-corrected chi connectivity index (χ4v) is 3.09. The number of esters is 1. The summed E-state index contributed by atoms with van der Waals surface area (Å²) in [7, 11) is 0. The predicted molar refractivity (Wildman–Crippen MR) is 62.4 cm³/mol. The number of carbonyl (C=O) groups excluding carboxylic acids is 1. The van der Waals surface area contributed by atoms with E-state index in [1.807, 2.05) is 6.92 Å². The third-order valence-electron chi connectivity index (χ3n) is 3.80. The third kappa shape index (κ3) is 1.79. The van der Waals surface area contributed by atoms with Crippen LogP contribution in [-0.4, -0.2) is 31.6 Å². The standard InChI is InChI=1S/C13H20O4/c1-3-9-15-11(14)12-6-5-7-13(12,16-4-2)17-10-8-12/h3H,1,4-10H2,2H3. The normalized spacial score (nSPS) is 35.6. The quantitative estimate of drug-likeness (QED) is 0.545. The van der Waals surface area contributed by atoms with Crippen molar-refractivity contribution >= 4 is 5.97 Å². The number of fused-ring (bicyclic) bond motifs is 1. The minimum atomic E-state index is -0.736. The molecule has 0 amide bonds. The zero-order valence-electron chi connectivity index (χ0n) is 10.4. The molecular weight excluding hydrogens is 220 g/mol. The van der Waals surface area contributed by atoms with Crippen LogP contribution in [0.1, 0.15) is 32.6 Å². The average Bonchev–Trinajstić information content (AvgIpc) is 2.81. The molecule has 96 valence electrons. The van der Waals surface area contributed by atoms with Gasteiger partial charge in [-0.1, -0.05) is 12.7 Å². The summed E-state index contributed by atoms with van der Waals surface area (Å²) in [5, 5.41) is 0. The van der Waals surface area contributed by atoms with E-state index in [-0.39, 0.29) is 12.6 Å². The van der Waals surface area contributed by atoms with Crippen molar-refractivity contribution in [2.75, 3.05) is 19.8 Å². The minimum Gasteiger partial charge on any atom is -0.461 e. The number of hydrogen-bond donors (Lipinski definition) is 0. The summed E-state index contributed by atoms with van der Waals surface area (Å²) in [6.45, 7) is 6.86.